The number of aromatic nitrogens is 2. The molecule has 0 amide bonds. The number of ether oxygens (including phenoxy) is 1. The highest BCUT2D eigenvalue weighted by molar-refractivity contribution is 6.30. The van der Waals surface area contributed by atoms with Crippen molar-refractivity contribution in [2.45, 2.75) is 13.3 Å². The summed E-state index contributed by atoms with van der Waals surface area (Å²) in [5.41, 5.74) is 4.67. The molecular weight excluding hydrogens is 422 g/mol. The van der Waals surface area contributed by atoms with Crippen molar-refractivity contribution in [2.24, 2.45) is 4.99 Å². The van der Waals surface area contributed by atoms with Crippen LogP contribution in [-0.2, 0) is 6.42 Å². The standard InChI is InChI=1S/C26H24ClN3O2/c1-18(28-17-16-19-8-12-21(27)13-9-19)24-25(20-10-14-23(32-2)15-11-20)29-30(26(24)31)22-6-4-3-5-7-22/h3-15,29H,16-17H2,1-2H3. The maximum atomic E-state index is 13.4. The summed E-state index contributed by atoms with van der Waals surface area (Å²) >= 11 is 5.97. The minimum Gasteiger partial charge on any atom is -0.497 e. The number of methoxy groups -OCH3 is 1. The van der Waals surface area contributed by atoms with Crippen LogP contribution in [0, 0.1) is 0 Å². The van der Waals surface area contributed by atoms with Crippen LogP contribution >= 0.6 is 11.6 Å². The van der Waals surface area contributed by atoms with E-state index in [4.69, 9.17) is 21.3 Å². The molecule has 0 unspecified atom stereocenters. The first-order valence-electron chi connectivity index (χ1n) is 10.4. The summed E-state index contributed by atoms with van der Waals surface area (Å²) in [6.45, 7) is 2.46. The second kappa shape index (κ2) is 9.71. The molecule has 32 heavy (non-hydrogen) atoms. The van der Waals surface area contributed by atoms with Crippen molar-refractivity contribution in [1.82, 2.24) is 9.78 Å². The summed E-state index contributed by atoms with van der Waals surface area (Å²) in [5.74, 6) is 0.758. The molecule has 6 heteroatoms. The average Bonchev–Trinajstić information content (AvgIpc) is 3.18. The molecule has 4 rings (SSSR count). The monoisotopic (exact) mass is 445 g/mol. The summed E-state index contributed by atoms with van der Waals surface area (Å²) in [6.07, 6.45) is 0.768. The number of aliphatic imine (C=N–C) groups is 1. The fraction of sp³-hybridized carbons (Fsp3) is 0.154. The van der Waals surface area contributed by atoms with Gasteiger partial charge in [0.1, 0.15) is 5.75 Å². The second-order valence-corrected chi connectivity index (χ2v) is 7.85. The molecule has 0 bridgehead atoms. The summed E-state index contributed by atoms with van der Waals surface area (Å²) in [5, 5.41) is 4.00. The van der Waals surface area contributed by atoms with Crippen molar-refractivity contribution in [3.8, 4) is 22.7 Å². The van der Waals surface area contributed by atoms with Crippen molar-refractivity contribution in [3.05, 3.63) is 105 Å². The van der Waals surface area contributed by atoms with Crippen LogP contribution in [0.25, 0.3) is 16.9 Å². The van der Waals surface area contributed by atoms with Gasteiger partial charge in [-0.15, -0.1) is 0 Å². The molecule has 1 aromatic heterocycles. The minimum absolute atomic E-state index is 0.130. The first kappa shape index (κ1) is 21.7. The van der Waals surface area contributed by atoms with Gasteiger partial charge in [-0.25, -0.2) is 4.68 Å². The number of H-pyrrole nitrogens is 1. The van der Waals surface area contributed by atoms with Crippen molar-refractivity contribution in [1.29, 1.82) is 0 Å². The third kappa shape index (κ3) is 4.68. The topological polar surface area (TPSA) is 59.4 Å². The highest BCUT2D eigenvalue weighted by Gasteiger charge is 2.19. The van der Waals surface area contributed by atoms with Gasteiger partial charge < -0.3 is 4.74 Å². The normalized spacial score (nSPS) is 11.5. The predicted molar refractivity (Wildman–Crippen MR) is 131 cm³/mol. The smallest absolute Gasteiger partial charge is 0.280 e. The van der Waals surface area contributed by atoms with Gasteiger partial charge in [-0.3, -0.25) is 14.9 Å². The lowest BCUT2D eigenvalue weighted by Gasteiger charge is -2.05. The largest absolute Gasteiger partial charge is 0.497 e. The zero-order valence-corrected chi connectivity index (χ0v) is 18.8. The lowest BCUT2D eigenvalue weighted by molar-refractivity contribution is 0.415. The molecule has 5 nitrogen and oxygen atoms in total. The van der Waals surface area contributed by atoms with Crippen molar-refractivity contribution < 1.29 is 4.74 Å². The quantitative estimate of drug-likeness (QED) is 0.379. The molecule has 0 aliphatic heterocycles. The Balaban J connectivity index is 1.72. The number of halogens is 1. The molecule has 162 valence electrons. The average molecular weight is 446 g/mol. The van der Waals surface area contributed by atoms with Crippen LogP contribution < -0.4 is 10.3 Å². The fourth-order valence-corrected chi connectivity index (χ4v) is 3.71. The van der Waals surface area contributed by atoms with E-state index >= 15 is 0 Å². The number of hydrogen-bond donors (Lipinski definition) is 1. The van der Waals surface area contributed by atoms with E-state index < -0.39 is 0 Å². The van der Waals surface area contributed by atoms with Crippen molar-refractivity contribution >= 4 is 17.3 Å². The first-order chi connectivity index (χ1) is 15.6. The summed E-state index contributed by atoms with van der Waals surface area (Å²) in [7, 11) is 1.63. The van der Waals surface area contributed by atoms with Crippen LogP contribution in [0.3, 0.4) is 0 Å². The van der Waals surface area contributed by atoms with Gasteiger partial charge in [-0.05, 0) is 67.4 Å². The highest BCUT2D eigenvalue weighted by atomic mass is 35.5. The van der Waals surface area contributed by atoms with Gasteiger partial charge in [-0.1, -0.05) is 41.9 Å². The van der Waals surface area contributed by atoms with Gasteiger partial charge in [0.15, 0.2) is 0 Å². The summed E-state index contributed by atoms with van der Waals surface area (Å²) in [4.78, 5) is 18.1. The van der Waals surface area contributed by atoms with E-state index in [1.54, 1.807) is 11.8 Å². The Morgan fingerprint density at radius 3 is 2.34 bits per heavy atom. The zero-order valence-electron chi connectivity index (χ0n) is 18.0. The van der Waals surface area contributed by atoms with Gasteiger partial charge >= 0.3 is 0 Å². The highest BCUT2D eigenvalue weighted by Crippen LogP contribution is 2.24. The molecule has 0 atom stereocenters. The predicted octanol–water partition coefficient (Wildman–Crippen LogP) is 5.55. The maximum absolute atomic E-state index is 13.4. The molecule has 0 aliphatic carbocycles. The van der Waals surface area contributed by atoms with E-state index in [0.717, 1.165) is 34.7 Å². The van der Waals surface area contributed by atoms with E-state index in [0.29, 0.717) is 22.8 Å². The lowest BCUT2D eigenvalue weighted by Crippen LogP contribution is -2.19. The molecule has 0 radical (unpaired) electrons. The Hall–Kier alpha value is -3.57. The van der Waals surface area contributed by atoms with E-state index in [9.17, 15) is 4.79 Å². The van der Waals surface area contributed by atoms with Crippen LogP contribution in [0.15, 0.2) is 88.6 Å². The Bertz CT molecular complexity index is 1270. The van der Waals surface area contributed by atoms with E-state index in [1.807, 2.05) is 85.8 Å². The third-order valence-corrected chi connectivity index (χ3v) is 5.56. The molecule has 1 N–H and O–H groups in total. The van der Waals surface area contributed by atoms with Gasteiger partial charge in [0.2, 0.25) is 0 Å². The fourth-order valence-electron chi connectivity index (χ4n) is 3.58. The lowest BCUT2D eigenvalue weighted by atomic mass is 10.0. The van der Waals surface area contributed by atoms with Crippen LogP contribution in [-0.4, -0.2) is 29.1 Å². The van der Waals surface area contributed by atoms with E-state index in [2.05, 4.69) is 5.10 Å². The molecular formula is C26H24ClN3O2. The van der Waals surface area contributed by atoms with Crippen molar-refractivity contribution in [2.75, 3.05) is 13.7 Å². The van der Waals surface area contributed by atoms with E-state index in [1.165, 1.54) is 0 Å². The molecule has 0 fully saturated rings. The van der Waals surface area contributed by atoms with Crippen LogP contribution in [0.2, 0.25) is 5.02 Å². The van der Waals surface area contributed by atoms with Crippen LogP contribution in [0.1, 0.15) is 18.1 Å². The molecule has 1 heterocycles. The van der Waals surface area contributed by atoms with Gasteiger partial charge in [0.25, 0.3) is 5.56 Å². The molecule has 3 aromatic carbocycles. The molecule has 4 aromatic rings. The SMILES string of the molecule is COc1ccc(-c2[nH]n(-c3ccccc3)c(=O)c2C(C)=NCCc2ccc(Cl)cc2)cc1. The van der Waals surface area contributed by atoms with Gasteiger partial charge in [0.05, 0.1) is 24.1 Å². The second-order valence-electron chi connectivity index (χ2n) is 7.41. The number of benzene rings is 3. The van der Waals surface area contributed by atoms with Gasteiger partial charge in [-0.2, -0.15) is 0 Å². The first-order valence-corrected chi connectivity index (χ1v) is 10.8. The molecule has 0 saturated carbocycles. The molecule has 0 spiro atoms. The number of aromatic amines is 1. The Labute approximate surface area is 192 Å². The Morgan fingerprint density at radius 1 is 1.00 bits per heavy atom. The number of hydrogen-bond acceptors (Lipinski definition) is 3. The van der Waals surface area contributed by atoms with Crippen LogP contribution in [0.4, 0.5) is 0 Å². The number of para-hydroxylation sites is 1. The van der Waals surface area contributed by atoms with E-state index in [-0.39, 0.29) is 5.56 Å². The minimum atomic E-state index is -0.130. The number of rotatable bonds is 7. The third-order valence-electron chi connectivity index (χ3n) is 5.31. The summed E-state index contributed by atoms with van der Waals surface area (Å²) < 4.78 is 6.84. The molecule has 0 aliphatic rings. The van der Waals surface area contributed by atoms with Crippen LogP contribution in [0.5, 0.6) is 5.75 Å². The summed E-state index contributed by atoms with van der Waals surface area (Å²) in [6, 6.07) is 24.9. The Morgan fingerprint density at radius 2 is 1.69 bits per heavy atom. The number of nitrogens with one attached hydrogen (secondary N) is 1. The molecule has 0 saturated heterocycles. The Kier molecular flexibility index (Phi) is 6.57. The van der Waals surface area contributed by atoms with Crippen molar-refractivity contribution in [3.63, 3.8) is 0 Å². The number of nitrogens with zero attached hydrogens (tertiary/aromatic N) is 2. The van der Waals surface area contributed by atoms with Gasteiger partial charge in [0, 0.05) is 22.8 Å². The maximum Gasteiger partial charge on any atom is 0.280 e. The zero-order chi connectivity index (χ0) is 22.5.